The number of amides is 2. The van der Waals surface area contributed by atoms with Crippen LogP contribution in [-0.2, 0) is 16.1 Å². The lowest BCUT2D eigenvalue weighted by molar-refractivity contribution is -0.140. The summed E-state index contributed by atoms with van der Waals surface area (Å²) in [5.41, 5.74) is 4.46. The standard InChI is InChI=1S/C26H23N3O2/c1-16-6-8-17(9-7-16)14-28-15-20(21-4-2-3-5-22(21)28)13-27-29-25(30)23-18-10-11-19(12-18)24(23)26(29)31/h2-11,13,15,18-19,23-24H,12,14H2,1H3/b27-13-/t18-,19-,23-,24+/m0/s1. The second-order valence-electron chi connectivity index (χ2n) is 8.95. The summed E-state index contributed by atoms with van der Waals surface area (Å²) in [7, 11) is 0. The Kier molecular flexibility index (Phi) is 4.00. The molecule has 2 fully saturated rings. The van der Waals surface area contributed by atoms with Gasteiger partial charge >= 0.3 is 0 Å². The van der Waals surface area contributed by atoms with Gasteiger partial charge < -0.3 is 4.57 Å². The van der Waals surface area contributed by atoms with Crippen molar-refractivity contribution in [3.8, 4) is 0 Å². The van der Waals surface area contributed by atoms with E-state index in [4.69, 9.17) is 0 Å². The second-order valence-corrected chi connectivity index (χ2v) is 8.95. The number of imide groups is 1. The fraction of sp³-hybridized carbons (Fsp3) is 0.269. The molecule has 2 aromatic carbocycles. The van der Waals surface area contributed by atoms with E-state index in [0.717, 1.165) is 34.4 Å². The van der Waals surface area contributed by atoms with Crippen molar-refractivity contribution in [1.29, 1.82) is 0 Å². The van der Waals surface area contributed by atoms with Gasteiger partial charge in [-0.05, 0) is 36.8 Å². The number of allylic oxidation sites excluding steroid dienone is 2. The number of aromatic nitrogens is 1. The van der Waals surface area contributed by atoms with Crippen molar-refractivity contribution in [3.63, 3.8) is 0 Å². The number of hydrogen-bond acceptors (Lipinski definition) is 3. The smallest absolute Gasteiger partial charge is 0.254 e. The van der Waals surface area contributed by atoms with Gasteiger partial charge in [-0.15, -0.1) is 0 Å². The molecule has 0 radical (unpaired) electrons. The zero-order valence-corrected chi connectivity index (χ0v) is 17.3. The third kappa shape index (κ3) is 2.80. The molecule has 5 nitrogen and oxygen atoms in total. The van der Waals surface area contributed by atoms with Crippen LogP contribution in [0.4, 0.5) is 0 Å². The topological polar surface area (TPSA) is 54.7 Å². The molecule has 6 rings (SSSR count). The number of aryl methyl sites for hydroxylation is 1. The summed E-state index contributed by atoms with van der Waals surface area (Å²) in [6, 6.07) is 16.7. The molecule has 2 heterocycles. The maximum absolute atomic E-state index is 12.9. The summed E-state index contributed by atoms with van der Waals surface area (Å²) in [6.45, 7) is 2.83. The van der Waals surface area contributed by atoms with Gasteiger partial charge in [0.05, 0.1) is 18.1 Å². The number of benzene rings is 2. The van der Waals surface area contributed by atoms with Crippen molar-refractivity contribution in [2.24, 2.45) is 28.8 Å². The number of fused-ring (bicyclic) bond motifs is 6. The quantitative estimate of drug-likeness (QED) is 0.369. The minimum Gasteiger partial charge on any atom is -0.342 e. The van der Waals surface area contributed by atoms with Crippen LogP contribution >= 0.6 is 0 Å². The van der Waals surface area contributed by atoms with Gasteiger partial charge in [-0.3, -0.25) is 9.59 Å². The van der Waals surface area contributed by atoms with Crippen molar-refractivity contribution >= 4 is 28.9 Å². The molecule has 154 valence electrons. The third-order valence-corrected chi connectivity index (χ3v) is 7.05. The van der Waals surface area contributed by atoms with Gasteiger partial charge in [0.15, 0.2) is 0 Å². The van der Waals surface area contributed by atoms with Gasteiger partial charge in [0.25, 0.3) is 11.8 Å². The number of nitrogens with zero attached hydrogens (tertiary/aromatic N) is 3. The molecule has 5 heteroatoms. The predicted molar refractivity (Wildman–Crippen MR) is 119 cm³/mol. The maximum atomic E-state index is 12.9. The Morgan fingerprint density at radius 3 is 2.35 bits per heavy atom. The van der Waals surface area contributed by atoms with Crippen LogP contribution in [0.25, 0.3) is 10.9 Å². The largest absolute Gasteiger partial charge is 0.342 e. The SMILES string of the molecule is Cc1ccc(Cn2cc(/C=N\N3C(=O)[C@@H]4[C@H](C3=O)[C@H]3C=C[C@H]4C3)c3ccccc32)cc1. The van der Waals surface area contributed by atoms with E-state index in [2.05, 4.69) is 65.1 Å². The Labute approximate surface area is 180 Å². The first-order valence-corrected chi connectivity index (χ1v) is 10.8. The summed E-state index contributed by atoms with van der Waals surface area (Å²) in [5, 5.41) is 6.56. The molecule has 1 saturated carbocycles. The molecule has 2 aliphatic carbocycles. The number of hydrazone groups is 1. The van der Waals surface area contributed by atoms with E-state index in [1.54, 1.807) is 6.21 Å². The van der Waals surface area contributed by atoms with E-state index in [1.807, 2.05) is 18.3 Å². The first kappa shape index (κ1) is 18.3. The van der Waals surface area contributed by atoms with Crippen LogP contribution in [0, 0.1) is 30.6 Å². The second kappa shape index (κ2) is 6.77. The Morgan fingerprint density at radius 1 is 0.968 bits per heavy atom. The lowest BCUT2D eigenvalue weighted by atomic mass is 9.85. The molecule has 3 aliphatic rings. The van der Waals surface area contributed by atoms with E-state index < -0.39 is 0 Å². The van der Waals surface area contributed by atoms with Crippen molar-refractivity contribution in [3.05, 3.63) is 83.6 Å². The zero-order valence-electron chi connectivity index (χ0n) is 17.3. The van der Waals surface area contributed by atoms with Crippen LogP contribution in [0.2, 0.25) is 0 Å². The Bertz CT molecular complexity index is 1240. The highest BCUT2D eigenvalue weighted by atomic mass is 16.2. The monoisotopic (exact) mass is 409 g/mol. The summed E-state index contributed by atoms with van der Waals surface area (Å²) in [4.78, 5) is 25.8. The van der Waals surface area contributed by atoms with E-state index in [-0.39, 0.29) is 35.5 Å². The number of carbonyl (C=O) groups excluding carboxylic acids is 2. The molecule has 1 saturated heterocycles. The molecule has 0 spiro atoms. The Morgan fingerprint density at radius 2 is 1.65 bits per heavy atom. The molecular formula is C26H23N3O2. The minimum absolute atomic E-state index is 0.147. The molecule has 1 aliphatic heterocycles. The molecule has 1 aromatic heterocycles. The fourth-order valence-electron chi connectivity index (χ4n) is 5.52. The van der Waals surface area contributed by atoms with E-state index in [1.165, 1.54) is 11.1 Å². The summed E-state index contributed by atoms with van der Waals surface area (Å²) >= 11 is 0. The van der Waals surface area contributed by atoms with E-state index >= 15 is 0 Å². The van der Waals surface area contributed by atoms with Crippen LogP contribution in [0.5, 0.6) is 0 Å². The van der Waals surface area contributed by atoms with Crippen LogP contribution in [-0.4, -0.2) is 27.6 Å². The highest BCUT2D eigenvalue weighted by molar-refractivity contribution is 6.07. The van der Waals surface area contributed by atoms with Gasteiger partial charge in [0, 0.05) is 29.2 Å². The van der Waals surface area contributed by atoms with E-state index in [9.17, 15) is 9.59 Å². The maximum Gasteiger partial charge on any atom is 0.254 e. The molecule has 4 atom stereocenters. The normalized spacial score (nSPS) is 26.7. The average Bonchev–Trinajstić information content (AvgIpc) is 3.53. The van der Waals surface area contributed by atoms with E-state index in [0.29, 0.717) is 0 Å². The van der Waals surface area contributed by atoms with Gasteiger partial charge in [-0.25, -0.2) is 0 Å². The average molecular weight is 409 g/mol. The molecule has 0 unspecified atom stereocenters. The number of para-hydroxylation sites is 1. The zero-order chi connectivity index (χ0) is 21.1. The number of hydrogen-bond donors (Lipinski definition) is 0. The molecule has 2 bridgehead atoms. The minimum atomic E-state index is -0.220. The van der Waals surface area contributed by atoms with Crippen LogP contribution in [0.3, 0.4) is 0 Å². The first-order chi connectivity index (χ1) is 15.1. The summed E-state index contributed by atoms with van der Waals surface area (Å²) < 4.78 is 2.19. The van der Waals surface area contributed by atoms with Crippen LogP contribution in [0.1, 0.15) is 23.1 Å². The molecule has 3 aromatic rings. The molecule has 0 N–H and O–H groups in total. The van der Waals surface area contributed by atoms with Gasteiger partial charge in [0.2, 0.25) is 0 Å². The third-order valence-electron chi connectivity index (χ3n) is 7.05. The molecule has 2 amide bonds. The molecule has 31 heavy (non-hydrogen) atoms. The lowest BCUT2D eigenvalue weighted by Crippen LogP contribution is -2.28. The molecular weight excluding hydrogens is 386 g/mol. The Hall–Kier alpha value is -3.47. The van der Waals surface area contributed by atoms with Crippen molar-refractivity contribution in [2.45, 2.75) is 19.9 Å². The fourth-order valence-corrected chi connectivity index (χ4v) is 5.52. The predicted octanol–water partition coefficient (Wildman–Crippen LogP) is 4.14. The van der Waals surface area contributed by atoms with Crippen molar-refractivity contribution in [1.82, 2.24) is 9.58 Å². The van der Waals surface area contributed by atoms with Crippen molar-refractivity contribution in [2.75, 3.05) is 0 Å². The van der Waals surface area contributed by atoms with Gasteiger partial charge in [-0.1, -0.05) is 60.2 Å². The van der Waals surface area contributed by atoms with Gasteiger partial charge in [0.1, 0.15) is 0 Å². The van der Waals surface area contributed by atoms with Gasteiger partial charge in [-0.2, -0.15) is 10.1 Å². The Balaban J connectivity index is 1.31. The highest BCUT2D eigenvalue weighted by Gasteiger charge is 2.59. The number of carbonyl (C=O) groups is 2. The summed E-state index contributed by atoms with van der Waals surface area (Å²) in [6.07, 6.45) is 8.84. The lowest BCUT2D eigenvalue weighted by Gasteiger charge is -2.13. The highest BCUT2D eigenvalue weighted by Crippen LogP contribution is 2.52. The summed E-state index contributed by atoms with van der Waals surface area (Å²) in [5.74, 6) is -0.339. The number of rotatable bonds is 4. The first-order valence-electron chi connectivity index (χ1n) is 10.8. The van der Waals surface area contributed by atoms with Crippen LogP contribution in [0.15, 0.2) is 72.0 Å². The van der Waals surface area contributed by atoms with Crippen LogP contribution < -0.4 is 0 Å². The van der Waals surface area contributed by atoms with Crippen molar-refractivity contribution < 1.29 is 9.59 Å².